The molecule has 1 aromatic heterocycles. The number of amides is 1. The minimum atomic E-state index is -2.75. The quantitative estimate of drug-likeness (QED) is 0.245. The van der Waals surface area contributed by atoms with Gasteiger partial charge in [-0.25, -0.2) is 8.78 Å². The predicted molar refractivity (Wildman–Crippen MR) is 120 cm³/mol. The number of ether oxygens (including phenoxy) is 2. The minimum absolute atomic E-state index is 0.00609. The van der Waals surface area contributed by atoms with Crippen molar-refractivity contribution in [2.75, 3.05) is 11.9 Å². The van der Waals surface area contributed by atoms with Gasteiger partial charge in [0.25, 0.3) is 18.0 Å². The third-order valence-corrected chi connectivity index (χ3v) is 4.74. The maximum atomic E-state index is 12.6. The van der Waals surface area contributed by atoms with Crippen LogP contribution in [0.3, 0.4) is 0 Å². The predicted octanol–water partition coefficient (Wildman–Crippen LogP) is 5.82. The lowest BCUT2D eigenvalue weighted by atomic mass is 10.1. The lowest BCUT2D eigenvalue weighted by Crippen LogP contribution is -2.12. The molecular weight excluding hydrogens is 450 g/mol. The first kappa shape index (κ1) is 22.7. The molecule has 1 N–H and O–H groups in total. The van der Waals surface area contributed by atoms with Crippen molar-refractivity contribution >= 4 is 28.1 Å². The minimum Gasteiger partial charge on any atom is -0.487 e. The summed E-state index contributed by atoms with van der Waals surface area (Å²) in [6.07, 6.45) is -2.75. The van der Waals surface area contributed by atoms with E-state index in [-0.39, 0.29) is 23.8 Å². The average molecular weight is 468 g/mol. The Bertz CT molecular complexity index is 1330. The number of rotatable bonds is 9. The van der Waals surface area contributed by atoms with Crippen LogP contribution >= 0.6 is 0 Å². The molecule has 174 valence electrons. The first-order valence-electron chi connectivity index (χ1n) is 10.1. The molecule has 0 saturated heterocycles. The van der Waals surface area contributed by atoms with Gasteiger partial charge in [-0.1, -0.05) is 36.4 Å². The second kappa shape index (κ2) is 9.99. The number of halogens is 2. The second-order valence-electron chi connectivity index (χ2n) is 7.16. The number of benzene rings is 3. The summed E-state index contributed by atoms with van der Waals surface area (Å²) in [5.41, 5.74) is -0.431. The van der Waals surface area contributed by atoms with Gasteiger partial charge in [0.05, 0.1) is 16.7 Å². The molecule has 0 fully saturated rings. The zero-order valence-electron chi connectivity index (χ0n) is 17.6. The van der Waals surface area contributed by atoms with Crippen molar-refractivity contribution in [3.05, 3.63) is 94.4 Å². The molecule has 0 unspecified atom stereocenters. The number of hydrogen-bond acceptors (Lipinski definition) is 6. The summed E-state index contributed by atoms with van der Waals surface area (Å²) >= 11 is 0. The van der Waals surface area contributed by atoms with E-state index >= 15 is 0 Å². The Labute approximate surface area is 191 Å². The Balaban J connectivity index is 1.44. The largest absolute Gasteiger partial charge is 0.487 e. The molecule has 0 aliphatic carbocycles. The van der Waals surface area contributed by atoms with Gasteiger partial charge in [0.2, 0.25) is 0 Å². The maximum absolute atomic E-state index is 12.6. The van der Waals surface area contributed by atoms with Gasteiger partial charge in [-0.05, 0) is 23.6 Å². The third kappa shape index (κ3) is 5.47. The highest BCUT2D eigenvalue weighted by molar-refractivity contribution is 6.02. The number of non-ortho nitro benzene ring substituents is 1. The molecule has 8 nitrogen and oxygen atoms in total. The summed E-state index contributed by atoms with van der Waals surface area (Å²) in [7, 11) is 0. The van der Waals surface area contributed by atoms with Crippen LogP contribution in [0.4, 0.5) is 20.2 Å². The number of carbonyl (C=O) groups is 1. The van der Waals surface area contributed by atoms with Crippen molar-refractivity contribution in [2.24, 2.45) is 0 Å². The lowest BCUT2D eigenvalue weighted by molar-refractivity contribution is -0.384. The molecule has 3 aromatic carbocycles. The Hall–Kier alpha value is -4.47. The van der Waals surface area contributed by atoms with E-state index in [1.807, 2.05) is 42.5 Å². The highest BCUT2D eigenvalue weighted by atomic mass is 19.3. The summed E-state index contributed by atoms with van der Waals surface area (Å²) in [6.45, 7) is -0.865. The summed E-state index contributed by atoms with van der Waals surface area (Å²) in [6, 6.07) is 19.7. The fourth-order valence-electron chi connectivity index (χ4n) is 3.24. The van der Waals surface area contributed by atoms with Gasteiger partial charge in [-0.2, -0.15) is 0 Å². The molecule has 1 heterocycles. The fraction of sp³-hybridized carbons (Fsp3) is 0.125. The molecular formula is C24H18F2N2O6. The number of nitrogens with one attached hydrogen (secondary N) is 1. The zero-order valence-corrected chi connectivity index (χ0v) is 17.6. The number of anilines is 1. The first-order chi connectivity index (χ1) is 16.4. The number of carbonyl (C=O) groups excluding carboxylic acids is 1. The van der Waals surface area contributed by atoms with Crippen LogP contribution in [0.2, 0.25) is 0 Å². The zero-order chi connectivity index (χ0) is 24.1. The van der Waals surface area contributed by atoms with Crippen LogP contribution in [-0.4, -0.2) is 23.9 Å². The highest BCUT2D eigenvalue weighted by Gasteiger charge is 2.17. The van der Waals surface area contributed by atoms with Crippen molar-refractivity contribution in [1.29, 1.82) is 0 Å². The number of nitro groups is 1. The monoisotopic (exact) mass is 468 g/mol. The van der Waals surface area contributed by atoms with E-state index in [0.29, 0.717) is 11.5 Å². The molecule has 0 atom stereocenters. The van der Waals surface area contributed by atoms with E-state index in [1.165, 1.54) is 12.1 Å². The number of fused-ring (bicyclic) bond motifs is 1. The molecule has 0 spiro atoms. The summed E-state index contributed by atoms with van der Waals surface area (Å²) in [5.74, 6) is 0.134. The lowest BCUT2D eigenvalue weighted by Gasteiger charge is -2.09. The standard InChI is InChI=1S/C24H18F2N2O6/c25-23(26)14-32-19-11-16(10-17(12-19)28(30)31)27-24(29)22-9-8-18(34-22)13-33-21-7-3-5-15-4-1-2-6-20(15)21/h1-12,23H,13-14H2,(H,27,29). The summed E-state index contributed by atoms with van der Waals surface area (Å²) in [5, 5.41) is 15.5. The Morgan fingerprint density at radius 1 is 1.03 bits per heavy atom. The smallest absolute Gasteiger partial charge is 0.291 e. The van der Waals surface area contributed by atoms with E-state index in [9.17, 15) is 23.7 Å². The normalized spacial score (nSPS) is 10.9. The Kier molecular flexibility index (Phi) is 6.67. The van der Waals surface area contributed by atoms with Crippen LogP contribution in [0.1, 0.15) is 16.3 Å². The van der Waals surface area contributed by atoms with Gasteiger partial charge in [0, 0.05) is 17.5 Å². The molecule has 0 saturated carbocycles. The van der Waals surface area contributed by atoms with E-state index < -0.39 is 29.6 Å². The van der Waals surface area contributed by atoms with Gasteiger partial charge in [0.15, 0.2) is 5.76 Å². The summed E-state index contributed by atoms with van der Waals surface area (Å²) < 4.78 is 41.1. The number of nitrogens with zero attached hydrogens (tertiary/aromatic N) is 1. The number of hydrogen-bond donors (Lipinski definition) is 1. The van der Waals surface area contributed by atoms with E-state index in [1.54, 1.807) is 6.07 Å². The van der Waals surface area contributed by atoms with Crippen molar-refractivity contribution in [3.63, 3.8) is 0 Å². The molecule has 0 aliphatic heterocycles. The maximum Gasteiger partial charge on any atom is 0.291 e. The van der Waals surface area contributed by atoms with Gasteiger partial charge in [-0.3, -0.25) is 14.9 Å². The van der Waals surface area contributed by atoms with Gasteiger partial charge >= 0.3 is 0 Å². The molecule has 4 rings (SSSR count). The molecule has 0 aliphatic rings. The van der Waals surface area contributed by atoms with Crippen LogP contribution in [0.5, 0.6) is 11.5 Å². The van der Waals surface area contributed by atoms with Crippen molar-refractivity contribution in [1.82, 2.24) is 0 Å². The molecule has 34 heavy (non-hydrogen) atoms. The molecule has 10 heteroatoms. The van der Waals surface area contributed by atoms with Crippen molar-refractivity contribution < 1.29 is 32.4 Å². The Morgan fingerprint density at radius 2 is 1.82 bits per heavy atom. The van der Waals surface area contributed by atoms with Crippen molar-refractivity contribution in [3.8, 4) is 11.5 Å². The molecule has 1 amide bonds. The molecule has 0 radical (unpaired) electrons. The highest BCUT2D eigenvalue weighted by Crippen LogP contribution is 2.28. The van der Waals surface area contributed by atoms with Gasteiger partial charge < -0.3 is 19.2 Å². The van der Waals surface area contributed by atoms with Crippen LogP contribution in [0.25, 0.3) is 10.8 Å². The van der Waals surface area contributed by atoms with Crippen LogP contribution in [0, 0.1) is 10.1 Å². The summed E-state index contributed by atoms with van der Waals surface area (Å²) in [4.78, 5) is 23.0. The van der Waals surface area contributed by atoms with Crippen LogP contribution in [-0.2, 0) is 6.61 Å². The topological polar surface area (TPSA) is 104 Å². The second-order valence-corrected chi connectivity index (χ2v) is 7.16. The number of nitro benzene ring substituents is 1. The van der Waals surface area contributed by atoms with Crippen molar-refractivity contribution in [2.45, 2.75) is 13.0 Å². The molecule has 0 bridgehead atoms. The fourth-order valence-corrected chi connectivity index (χ4v) is 3.24. The van der Waals surface area contributed by atoms with Crippen LogP contribution in [0.15, 0.2) is 77.2 Å². The van der Waals surface area contributed by atoms with Gasteiger partial charge in [0.1, 0.15) is 30.5 Å². The number of furan rings is 1. The number of alkyl halides is 2. The molecule has 4 aromatic rings. The third-order valence-electron chi connectivity index (χ3n) is 4.74. The van der Waals surface area contributed by atoms with Crippen LogP contribution < -0.4 is 14.8 Å². The van der Waals surface area contributed by atoms with E-state index in [2.05, 4.69) is 5.32 Å². The van der Waals surface area contributed by atoms with E-state index in [4.69, 9.17) is 13.9 Å². The Morgan fingerprint density at radius 3 is 2.62 bits per heavy atom. The first-order valence-corrected chi connectivity index (χ1v) is 10.1. The van der Waals surface area contributed by atoms with Gasteiger partial charge in [-0.15, -0.1) is 0 Å². The average Bonchev–Trinajstić information content (AvgIpc) is 3.30. The SMILES string of the molecule is O=C(Nc1cc(OCC(F)F)cc([N+](=O)[O-])c1)c1ccc(COc2cccc3ccccc23)o1. The van der Waals surface area contributed by atoms with E-state index in [0.717, 1.165) is 22.9 Å².